The zero-order chi connectivity index (χ0) is 19.1. The van der Waals surface area contributed by atoms with Crippen LogP contribution in [-0.2, 0) is 17.1 Å². The van der Waals surface area contributed by atoms with E-state index < -0.39 is 11.8 Å². The van der Waals surface area contributed by atoms with Crippen molar-refractivity contribution in [2.45, 2.75) is 18.3 Å². The SMILES string of the molecule is O=CC1c2ccccc2C(O)(c2ccc3cc[nH]c3c2)N1Cc1ccccc1. The Morgan fingerprint density at radius 2 is 1.79 bits per heavy atom. The Morgan fingerprint density at radius 3 is 2.61 bits per heavy atom. The van der Waals surface area contributed by atoms with Gasteiger partial charge in [-0.3, -0.25) is 0 Å². The summed E-state index contributed by atoms with van der Waals surface area (Å²) in [6.45, 7) is 0.457. The van der Waals surface area contributed by atoms with E-state index in [2.05, 4.69) is 4.98 Å². The van der Waals surface area contributed by atoms with Crippen molar-refractivity contribution in [2.24, 2.45) is 0 Å². The van der Waals surface area contributed by atoms with Gasteiger partial charge < -0.3 is 14.9 Å². The molecule has 4 nitrogen and oxygen atoms in total. The second-order valence-electron chi connectivity index (χ2n) is 7.23. The molecule has 2 N–H and O–H groups in total. The fourth-order valence-corrected chi connectivity index (χ4v) is 4.32. The molecule has 0 spiro atoms. The van der Waals surface area contributed by atoms with Gasteiger partial charge in [0.05, 0.1) is 6.04 Å². The second-order valence-corrected chi connectivity index (χ2v) is 7.23. The Labute approximate surface area is 163 Å². The topological polar surface area (TPSA) is 56.3 Å². The summed E-state index contributed by atoms with van der Waals surface area (Å²) in [5, 5.41) is 13.2. The van der Waals surface area contributed by atoms with Gasteiger partial charge >= 0.3 is 0 Å². The number of hydrogen-bond acceptors (Lipinski definition) is 3. The molecule has 28 heavy (non-hydrogen) atoms. The molecule has 1 aliphatic heterocycles. The molecule has 0 amide bonds. The van der Waals surface area contributed by atoms with Crippen molar-refractivity contribution in [1.29, 1.82) is 0 Å². The summed E-state index contributed by atoms with van der Waals surface area (Å²) < 4.78 is 0. The average Bonchev–Trinajstić information content (AvgIpc) is 3.30. The number of carbonyl (C=O) groups excluding carboxylic acids is 1. The zero-order valence-electron chi connectivity index (χ0n) is 15.2. The van der Waals surface area contributed by atoms with Crippen molar-refractivity contribution in [3.63, 3.8) is 0 Å². The molecule has 0 saturated heterocycles. The molecule has 2 unspecified atom stereocenters. The highest BCUT2D eigenvalue weighted by Crippen LogP contribution is 2.48. The highest BCUT2D eigenvalue weighted by molar-refractivity contribution is 5.80. The van der Waals surface area contributed by atoms with Gasteiger partial charge in [0.2, 0.25) is 0 Å². The molecule has 0 saturated carbocycles. The third-order valence-electron chi connectivity index (χ3n) is 5.69. The van der Waals surface area contributed by atoms with E-state index in [0.29, 0.717) is 6.54 Å². The summed E-state index contributed by atoms with van der Waals surface area (Å²) in [5.74, 6) is 0. The number of fused-ring (bicyclic) bond motifs is 2. The number of nitrogens with one attached hydrogen (secondary N) is 1. The number of rotatable bonds is 4. The first-order valence-electron chi connectivity index (χ1n) is 9.37. The van der Waals surface area contributed by atoms with E-state index >= 15 is 0 Å². The van der Waals surface area contributed by atoms with Crippen molar-refractivity contribution in [3.05, 3.63) is 107 Å². The number of benzene rings is 3. The van der Waals surface area contributed by atoms with Crippen molar-refractivity contribution in [3.8, 4) is 0 Å². The Kier molecular flexibility index (Phi) is 3.90. The van der Waals surface area contributed by atoms with Crippen molar-refractivity contribution < 1.29 is 9.90 Å². The number of aldehydes is 1. The Morgan fingerprint density at radius 1 is 1.00 bits per heavy atom. The summed E-state index contributed by atoms with van der Waals surface area (Å²) in [4.78, 5) is 17.2. The predicted molar refractivity (Wildman–Crippen MR) is 109 cm³/mol. The molecule has 4 aromatic rings. The monoisotopic (exact) mass is 368 g/mol. The number of aromatic amines is 1. The number of nitrogens with zero attached hydrogens (tertiary/aromatic N) is 1. The van der Waals surface area contributed by atoms with Gasteiger partial charge in [0.25, 0.3) is 0 Å². The number of hydrogen-bond donors (Lipinski definition) is 2. The van der Waals surface area contributed by atoms with Gasteiger partial charge in [-0.1, -0.05) is 66.7 Å². The van der Waals surface area contributed by atoms with Gasteiger partial charge in [0, 0.05) is 29.4 Å². The van der Waals surface area contributed by atoms with Gasteiger partial charge in [-0.2, -0.15) is 0 Å². The van der Waals surface area contributed by atoms with Gasteiger partial charge in [0.15, 0.2) is 5.72 Å². The number of aromatic nitrogens is 1. The average molecular weight is 368 g/mol. The molecule has 0 fully saturated rings. The molecule has 1 aliphatic rings. The maximum atomic E-state index is 12.1. The predicted octanol–water partition coefficient (Wildman–Crippen LogP) is 4.12. The maximum Gasteiger partial charge on any atom is 0.172 e. The fourth-order valence-electron chi connectivity index (χ4n) is 4.32. The zero-order valence-corrected chi connectivity index (χ0v) is 15.2. The van der Waals surface area contributed by atoms with Crippen LogP contribution in [-0.4, -0.2) is 21.3 Å². The van der Waals surface area contributed by atoms with Gasteiger partial charge in [-0.25, -0.2) is 4.90 Å². The van der Waals surface area contributed by atoms with Crippen LogP contribution in [0.25, 0.3) is 10.9 Å². The Bertz CT molecular complexity index is 1150. The summed E-state index contributed by atoms with van der Waals surface area (Å²) >= 11 is 0. The molecular weight excluding hydrogens is 348 g/mol. The van der Waals surface area contributed by atoms with Crippen LogP contribution in [0.15, 0.2) is 85.1 Å². The van der Waals surface area contributed by atoms with E-state index in [-0.39, 0.29) is 0 Å². The molecule has 0 bridgehead atoms. The molecule has 138 valence electrons. The Balaban J connectivity index is 1.71. The normalized spacial score (nSPS) is 21.7. The molecule has 3 aromatic carbocycles. The smallest absolute Gasteiger partial charge is 0.172 e. The quantitative estimate of drug-likeness (QED) is 0.533. The van der Waals surface area contributed by atoms with Gasteiger partial charge in [-0.05, 0) is 28.6 Å². The standard InChI is InChI=1S/C24H20N2O2/c27-16-23-20-8-4-5-9-21(20)24(28,26(23)15-17-6-2-1-3-7-17)19-11-10-18-12-13-25-22(18)14-19/h1-14,16,23,25,28H,15H2. The molecule has 0 aliphatic carbocycles. The van der Waals surface area contributed by atoms with E-state index in [9.17, 15) is 9.90 Å². The lowest BCUT2D eigenvalue weighted by atomic mass is 9.93. The minimum atomic E-state index is -1.39. The fraction of sp³-hybridized carbons (Fsp3) is 0.125. The highest BCUT2D eigenvalue weighted by Gasteiger charge is 2.50. The van der Waals surface area contributed by atoms with Crippen LogP contribution in [0, 0.1) is 0 Å². The third-order valence-corrected chi connectivity index (χ3v) is 5.69. The summed E-state index contributed by atoms with van der Waals surface area (Å²) in [6.07, 6.45) is 2.81. The van der Waals surface area contributed by atoms with Gasteiger partial charge in [0.1, 0.15) is 6.29 Å². The Hall–Kier alpha value is -3.21. The van der Waals surface area contributed by atoms with Crippen molar-refractivity contribution in [2.75, 3.05) is 0 Å². The first-order chi connectivity index (χ1) is 13.7. The van der Waals surface area contributed by atoms with E-state index in [4.69, 9.17) is 0 Å². The van der Waals surface area contributed by atoms with Crippen LogP contribution in [0.4, 0.5) is 0 Å². The molecule has 2 heterocycles. The van der Waals surface area contributed by atoms with Crippen LogP contribution in [0.5, 0.6) is 0 Å². The van der Waals surface area contributed by atoms with E-state index in [1.807, 2.05) is 90.0 Å². The molecule has 1 aromatic heterocycles. The van der Waals surface area contributed by atoms with E-state index in [1.165, 1.54) is 0 Å². The molecule has 0 radical (unpaired) electrons. The third kappa shape index (κ3) is 2.43. The summed E-state index contributed by atoms with van der Waals surface area (Å²) in [6, 6.07) is 25.0. The largest absolute Gasteiger partial charge is 0.367 e. The number of aliphatic hydroxyl groups is 1. The lowest BCUT2D eigenvalue weighted by Crippen LogP contribution is -2.43. The first kappa shape index (κ1) is 16.9. The lowest BCUT2D eigenvalue weighted by molar-refractivity contribution is -0.126. The highest BCUT2D eigenvalue weighted by atomic mass is 16.3. The van der Waals surface area contributed by atoms with E-state index in [1.54, 1.807) is 0 Å². The maximum absolute atomic E-state index is 12.1. The molecule has 4 heteroatoms. The van der Waals surface area contributed by atoms with Crippen LogP contribution >= 0.6 is 0 Å². The van der Waals surface area contributed by atoms with Crippen molar-refractivity contribution >= 4 is 17.2 Å². The molecule has 2 atom stereocenters. The molecule has 5 rings (SSSR count). The second kappa shape index (κ2) is 6.44. The first-order valence-corrected chi connectivity index (χ1v) is 9.37. The van der Waals surface area contributed by atoms with Crippen molar-refractivity contribution in [1.82, 2.24) is 9.88 Å². The molecular formula is C24H20N2O2. The van der Waals surface area contributed by atoms with Crippen LogP contribution in [0.2, 0.25) is 0 Å². The van der Waals surface area contributed by atoms with Crippen LogP contribution < -0.4 is 0 Å². The van der Waals surface area contributed by atoms with Gasteiger partial charge in [-0.15, -0.1) is 0 Å². The van der Waals surface area contributed by atoms with E-state index in [0.717, 1.165) is 39.4 Å². The minimum Gasteiger partial charge on any atom is -0.367 e. The van der Waals surface area contributed by atoms with Crippen LogP contribution in [0.1, 0.15) is 28.3 Å². The minimum absolute atomic E-state index is 0.457. The van der Waals surface area contributed by atoms with Crippen LogP contribution in [0.3, 0.4) is 0 Å². The number of carbonyl (C=O) groups is 1. The summed E-state index contributed by atoms with van der Waals surface area (Å²) in [7, 11) is 0. The number of H-pyrrole nitrogens is 1. The lowest BCUT2D eigenvalue weighted by Gasteiger charge is -2.36. The summed E-state index contributed by atoms with van der Waals surface area (Å²) in [5.41, 5.74) is 2.96.